The number of piperidine rings is 1. The highest BCUT2D eigenvalue weighted by Gasteiger charge is 2.17. The number of anilines is 1. The minimum atomic E-state index is 0.0410. The van der Waals surface area contributed by atoms with Crippen molar-refractivity contribution in [2.24, 2.45) is 5.92 Å². The van der Waals surface area contributed by atoms with Crippen LogP contribution in [0.3, 0.4) is 0 Å². The number of nitrogen functional groups attached to an aromatic ring is 1. The molecule has 1 aromatic rings. The van der Waals surface area contributed by atoms with E-state index in [-0.39, 0.29) is 5.56 Å². The molecule has 1 aliphatic rings. The Balaban J connectivity index is 1.80. The number of aromatic nitrogens is 1. The monoisotopic (exact) mass is 263 g/mol. The topological polar surface area (TPSA) is 51.3 Å². The second-order valence-corrected chi connectivity index (χ2v) is 5.56. The van der Waals surface area contributed by atoms with Gasteiger partial charge in [0.15, 0.2) is 0 Å². The fourth-order valence-electron chi connectivity index (χ4n) is 2.88. The summed E-state index contributed by atoms with van der Waals surface area (Å²) in [5, 5.41) is 0. The van der Waals surface area contributed by atoms with Crippen LogP contribution in [0.2, 0.25) is 0 Å². The van der Waals surface area contributed by atoms with Crippen molar-refractivity contribution in [2.75, 3.05) is 25.4 Å². The summed E-state index contributed by atoms with van der Waals surface area (Å²) in [5.41, 5.74) is 6.41. The van der Waals surface area contributed by atoms with Crippen molar-refractivity contribution in [3.05, 3.63) is 28.7 Å². The van der Waals surface area contributed by atoms with Gasteiger partial charge in [-0.1, -0.05) is 13.3 Å². The van der Waals surface area contributed by atoms with E-state index in [0.29, 0.717) is 5.69 Å². The van der Waals surface area contributed by atoms with Crippen LogP contribution in [-0.4, -0.2) is 29.1 Å². The van der Waals surface area contributed by atoms with Gasteiger partial charge in [-0.15, -0.1) is 0 Å². The van der Waals surface area contributed by atoms with Gasteiger partial charge in [-0.3, -0.25) is 4.79 Å². The lowest BCUT2D eigenvalue weighted by Crippen LogP contribution is -2.36. The highest BCUT2D eigenvalue weighted by atomic mass is 16.1. The van der Waals surface area contributed by atoms with Gasteiger partial charge in [0, 0.05) is 31.0 Å². The molecule has 2 N–H and O–H groups in total. The van der Waals surface area contributed by atoms with Crippen LogP contribution >= 0.6 is 0 Å². The first kappa shape index (κ1) is 14.1. The summed E-state index contributed by atoms with van der Waals surface area (Å²) >= 11 is 0. The molecule has 1 saturated heterocycles. The van der Waals surface area contributed by atoms with Crippen LogP contribution in [0, 0.1) is 5.92 Å². The van der Waals surface area contributed by atoms with E-state index in [1.165, 1.54) is 32.4 Å². The Morgan fingerprint density at radius 1 is 1.37 bits per heavy atom. The molecule has 0 radical (unpaired) electrons. The maximum atomic E-state index is 11.6. The normalized spacial score (nSPS) is 20.6. The van der Waals surface area contributed by atoms with Gasteiger partial charge in [-0.2, -0.15) is 0 Å². The van der Waals surface area contributed by atoms with E-state index in [9.17, 15) is 4.79 Å². The fourth-order valence-corrected chi connectivity index (χ4v) is 2.88. The van der Waals surface area contributed by atoms with Crippen LogP contribution in [0.25, 0.3) is 0 Å². The molecule has 0 aliphatic carbocycles. The zero-order valence-electron chi connectivity index (χ0n) is 11.8. The molecule has 0 amide bonds. The van der Waals surface area contributed by atoms with Crippen LogP contribution in [0.5, 0.6) is 0 Å². The van der Waals surface area contributed by atoms with E-state index < -0.39 is 0 Å². The number of likely N-dealkylation sites (tertiary alicyclic amines) is 1. The third-order valence-electron chi connectivity index (χ3n) is 4.06. The lowest BCUT2D eigenvalue weighted by atomic mass is 9.95. The lowest BCUT2D eigenvalue weighted by Gasteiger charge is -2.32. The first-order chi connectivity index (χ1) is 9.19. The molecule has 2 rings (SSSR count). The third kappa shape index (κ3) is 4.10. The Kier molecular flexibility index (Phi) is 5.02. The minimum absolute atomic E-state index is 0.0410. The van der Waals surface area contributed by atoms with Crippen molar-refractivity contribution in [2.45, 2.75) is 39.2 Å². The van der Waals surface area contributed by atoms with Gasteiger partial charge in [-0.25, -0.2) is 0 Å². The van der Waals surface area contributed by atoms with E-state index in [0.717, 1.165) is 25.4 Å². The standard InChI is InChI=1S/C15H25N3O/c1-2-13-5-3-8-17(11-13)9-4-10-18-12-14(16)6-7-15(18)19/h6-7,12-13H,2-5,8-11,16H2,1H3. The Morgan fingerprint density at radius 3 is 3.00 bits per heavy atom. The van der Waals surface area contributed by atoms with Crippen LogP contribution in [0.1, 0.15) is 32.6 Å². The highest BCUT2D eigenvalue weighted by Crippen LogP contribution is 2.19. The van der Waals surface area contributed by atoms with Crippen LogP contribution < -0.4 is 11.3 Å². The van der Waals surface area contributed by atoms with Gasteiger partial charge in [0.05, 0.1) is 0 Å². The second-order valence-electron chi connectivity index (χ2n) is 5.56. The first-order valence-corrected chi connectivity index (χ1v) is 7.37. The molecule has 19 heavy (non-hydrogen) atoms. The number of aryl methyl sites for hydroxylation is 1. The molecule has 4 heteroatoms. The van der Waals surface area contributed by atoms with Crippen LogP contribution in [0.15, 0.2) is 23.1 Å². The van der Waals surface area contributed by atoms with Crippen molar-refractivity contribution in [3.8, 4) is 0 Å². The maximum absolute atomic E-state index is 11.6. The van der Waals surface area contributed by atoms with Crippen molar-refractivity contribution in [1.82, 2.24) is 9.47 Å². The van der Waals surface area contributed by atoms with Crippen molar-refractivity contribution in [1.29, 1.82) is 0 Å². The molecule has 1 atom stereocenters. The van der Waals surface area contributed by atoms with Crippen molar-refractivity contribution >= 4 is 5.69 Å². The Bertz CT molecular complexity index is 455. The molecule has 0 saturated carbocycles. The predicted octanol–water partition coefficient (Wildman–Crippen LogP) is 1.94. The van der Waals surface area contributed by atoms with Gasteiger partial charge in [0.1, 0.15) is 0 Å². The number of pyridine rings is 1. The first-order valence-electron chi connectivity index (χ1n) is 7.37. The molecular formula is C15H25N3O. The second kappa shape index (κ2) is 6.75. The molecule has 1 fully saturated rings. The summed E-state index contributed by atoms with van der Waals surface area (Å²) in [6.07, 6.45) is 6.73. The number of hydrogen-bond donors (Lipinski definition) is 1. The number of nitrogens with zero attached hydrogens (tertiary/aromatic N) is 2. The molecule has 2 heterocycles. The minimum Gasteiger partial charge on any atom is -0.398 e. The van der Waals surface area contributed by atoms with E-state index in [2.05, 4.69) is 11.8 Å². The Hall–Kier alpha value is -1.29. The zero-order valence-corrected chi connectivity index (χ0v) is 11.8. The molecule has 1 aliphatic heterocycles. The Morgan fingerprint density at radius 2 is 2.21 bits per heavy atom. The highest BCUT2D eigenvalue weighted by molar-refractivity contribution is 5.33. The molecule has 1 unspecified atom stereocenters. The van der Waals surface area contributed by atoms with E-state index >= 15 is 0 Å². The van der Waals surface area contributed by atoms with Crippen LogP contribution in [-0.2, 0) is 6.54 Å². The lowest BCUT2D eigenvalue weighted by molar-refractivity contribution is 0.168. The molecule has 0 spiro atoms. The summed E-state index contributed by atoms with van der Waals surface area (Å²) in [6, 6.07) is 3.21. The Labute approximate surface area is 115 Å². The number of hydrogen-bond acceptors (Lipinski definition) is 3. The van der Waals surface area contributed by atoms with E-state index in [1.807, 2.05) is 0 Å². The average molecular weight is 263 g/mol. The fraction of sp³-hybridized carbons (Fsp3) is 0.667. The van der Waals surface area contributed by atoms with E-state index in [4.69, 9.17) is 5.73 Å². The quantitative estimate of drug-likeness (QED) is 0.883. The van der Waals surface area contributed by atoms with Crippen molar-refractivity contribution < 1.29 is 0 Å². The summed E-state index contributed by atoms with van der Waals surface area (Å²) in [4.78, 5) is 14.2. The summed E-state index contributed by atoms with van der Waals surface area (Å²) in [6.45, 7) is 6.56. The molecule has 0 bridgehead atoms. The number of nitrogens with two attached hydrogens (primary N) is 1. The predicted molar refractivity (Wildman–Crippen MR) is 79.2 cm³/mol. The largest absolute Gasteiger partial charge is 0.398 e. The van der Waals surface area contributed by atoms with Gasteiger partial charge < -0.3 is 15.2 Å². The maximum Gasteiger partial charge on any atom is 0.250 e. The third-order valence-corrected chi connectivity index (χ3v) is 4.06. The summed E-state index contributed by atoms with van der Waals surface area (Å²) < 4.78 is 1.72. The van der Waals surface area contributed by atoms with Gasteiger partial charge >= 0.3 is 0 Å². The summed E-state index contributed by atoms with van der Waals surface area (Å²) in [5.74, 6) is 0.865. The number of rotatable bonds is 5. The molecular weight excluding hydrogens is 238 g/mol. The average Bonchev–Trinajstić information content (AvgIpc) is 2.43. The smallest absolute Gasteiger partial charge is 0.250 e. The molecule has 1 aromatic heterocycles. The summed E-state index contributed by atoms with van der Waals surface area (Å²) in [7, 11) is 0. The molecule has 4 nitrogen and oxygen atoms in total. The van der Waals surface area contributed by atoms with Gasteiger partial charge in [-0.05, 0) is 44.3 Å². The SMILES string of the molecule is CCC1CCCN(CCCn2cc(N)ccc2=O)C1. The zero-order chi connectivity index (χ0) is 13.7. The van der Waals surface area contributed by atoms with E-state index in [1.54, 1.807) is 22.9 Å². The van der Waals surface area contributed by atoms with Crippen LogP contribution in [0.4, 0.5) is 5.69 Å². The van der Waals surface area contributed by atoms with Gasteiger partial charge in [0.2, 0.25) is 0 Å². The van der Waals surface area contributed by atoms with Gasteiger partial charge in [0.25, 0.3) is 5.56 Å². The molecule has 0 aromatic carbocycles. The molecule has 106 valence electrons. The van der Waals surface area contributed by atoms with Crippen molar-refractivity contribution in [3.63, 3.8) is 0 Å².